The van der Waals surface area contributed by atoms with Crippen LogP contribution in [0.15, 0.2) is 35.2 Å². The molecule has 1 heterocycles. The first-order chi connectivity index (χ1) is 14.8. The smallest absolute Gasteiger partial charge is 0.323 e. The normalized spacial score (nSPS) is 18.0. The SMILES string of the molecule is COC(=O)CCSC=C(C)C1C(NC(=O)Cc2cccc(C#N)c2)C(=O)N1CC(=O)O. The maximum absolute atomic E-state index is 12.5. The number of carboxylic acids is 1. The van der Waals surface area contributed by atoms with Crippen LogP contribution in [0.25, 0.3) is 0 Å². The summed E-state index contributed by atoms with van der Waals surface area (Å²) in [5.41, 5.74) is 1.76. The predicted molar refractivity (Wildman–Crippen MR) is 113 cm³/mol. The minimum absolute atomic E-state index is 0.0123. The van der Waals surface area contributed by atoms with Gasteiger partial charge < -0.3 is 20.1 Å². The van der Waals surface area contributed by atoms with Crippen LogP contribution in [0.5, 0.6) is 0 Å². The third-order valence-electron chi connectivity index (χ3n) is 4.63. The van der Waals surface area contributed by atoms with Gasteiger partial charge >= 0.3 is 11.9 Å². The number of thioether (sulfide) groups is 1. The van der Waals surface area contributed by atoms with E-state index in [1.807, 2.05) is 6.07 Å². The molecule has 2 atom stereocenters. The number of nitriles is 1. The first-order valence-corrected chi connectivity index (χ1v) is 10.5. The molecule has 0 aromatic heterocycles. The highest BCUT2D eigenvalue weighted by Crippen LogP contribution is 2.28. The summed E-state index contributed by atoms with van der Waals surface area (Å²) >= 11 is 1.34. The number of nitrogens with one attached hydrogen (secondary N) is 1. The van der Waals surface area contributed by atoms with Crippen molar-refractivity contribution < 1.29 is 29.0 Å². The molecule has 0 radical (unpaired) electrons. The topological polar surface area (TPSA) is 137 Å². The minimum atomic E-state index is -1.15. The van der Waals surface area contributed by atoms with Crippen LogP contribution >= 0.6 is 11.8 Å². The standard InChI is InChI=1S/C21H23N3O6S/c1-13(12-31-7-6-18(28)30-2)20-19(21(29)24(20)11-17(26)27)23-16(25)9-14-4-3-5-15(8-14)10-22/h3-5,8,12,19-20H,6-7,9,11H2,1-2H3,(H,23,25)(H,26,27). The van der Waals surface area contributed by atoms with E-state index >= 15 is 0 Å². The molecule has 1 saturated heterocycles. The number of hydrogen-bond acceptors (Lipinski definition) is 7. The fourth-order valence-electron chi connectivity index (χ4n) is 3.19. The Hall–Kier alpha value is -3.32. The summed E-state index contributed by atoms with van der Waals surface area (Å²) < 4.78 is 4.58. The van der Waals surface area contributed by atoms with Crippen LogP contribution in [-0.2, 0) is 30.3 Å². The number of carbonyl (C=O) groups is 4. The summed E-state index contributed by atoms with van der Waals surface area (Å²) in [4.78, 5) is 48.5. The van der Waals surface area contributed by atoms with Crippen LogP contribution in [0, 0.1) is 11.3 Å². The second kappa shape index (κ2) is 11.2. The first kappa shape index (κ1) is 24.0. The minimum Gasteiger partial charge on any atom is -0.480 e. The average molecular weight is 445 g/mol. The van der Waals surface area contributed by atoms with Gasteiger partial charge in [0.25, 0.3) is 0 Å². The van der Waals surface area contributed by atoms with Gasteiger partial charge in [-0.15, -0.1) is 11.8 Å². The zero-order valence-corrected chi connectivity index (χ0v) is 18.0. The Morgan fingerprint density at radius 2 is 2.13 bits per heavy atom. The summed E-state index contributed by atoms with van der Waals surface area (Å²) in [7, 11) is 1.31. The molecule has 164 valence electrons. The molecular weight excluding hydrogens is 422 g/mol. The maximum atomic E-state index is 12.5. The maximum Gasteiger partial charge on any atom is 0.323 e. The molecule has 10 heteroatoms. The molecule has 9 nitrogen and oxygen atoms in total. The lowest BCUT2D eigenvalue weighted by atomic mass is 9.89. The lowest BCUT2D eigenvalue weighted by Crippen LogP contribution is -2.71. The molecule has 31 heavy (non-hydrogen) atoms. The number of carboxylic acid groups (broad SMARTS) is 1. The van der Waals surface area contributed by atoms with Gasteiger partial charge in [-0.05, 0) is 35.6 Å². The largest absolute Gasteiger partial charge is 0.480 e. The number of hydrogen-bond donors (Lipinski definition) is 2. The van der Waals surface area contributed by atoms with Gasteiger partial charge in [0.15, 0.2) is 0 Å². The summed E-state index contributed by atoms with van der Waals surface area (Å²) in [6.45, 7) is 1.27. The second-order valence-corrected chi connectivity index (χ2v) is 7.87. The van der Waals surface area contributed by atoms with Gasteiger partial charge in [0.05, 0.1) is 37.6 Å². The number of nitrogens with zero attached hydrogens (tertiary/aromatic N) is 2. The molecule has 1 aliphatic heterocycles. The van der Waals surface area contributed by atoms with E-state index in [-0.39, 0.29) is 18.8 Å². The molecule has 0 aliphatic carbocycles. The highest BCUT2D eigenvalue weighted by atomic mass is 32.2. The summed E-state index contributed by atoms with van der Waals surface area (Å²) in [6.07, 6.45) is 0.205. The Bertz CT molecular complexity index is 939. The zero-order valence-electron chi connectivity index (χ0n) is 17.2. The number of carbonyl (C=O) groups excluding carboxylic acids is 3. The molecule has 0 saturated carbocycles. The molecule has 1 fully saturated rings. The van der Waals surface area contributed by atoms with Crippen LogP contribution in [-0.4, -0.2) is 65.3 Å². The summed E-state index contributed by atoms with van der Waals surface area (Å²) in [6, 6.07) is 7.14. The monoisotopic (exact) mass is 445 g/mol. The number of amides is 2. The van der Waals surface area contributed by atoms with Crippen molar-refractivity contribution in [2.24, 2.45) is 0 Å². The third kappa shape index (κ3) is 6.58. The van der Waals surface area contributed by atoms with E-state index in [9.17, 15) is 19.2 Å². The number of rotatable bonds is 10. The van der Waals surface area contributed by atoms with Crippen molar-refractivity contribution in [1.29, 1.82) is 5.26 Å². The Kier molecular flexibility index (Phi) is 8.63. The number of methoxy groups -OCH3 is 1. The second-order valence-electron chi connectivity index (χ2n) is 6.90. The van der Waals surface area contributed by atoms with Gasteiger partial charge in [-0.3, -0.25) is 19.2 Å². The lowest BCUT2D eigenvalue weighted by molar-refractivity contribution is -0.157. The molecule has 0 spiro atoms. The molecule has 1 aromatic rings. The van der Waals surface area contributed by atoms with E-state index in [0.717, 1.165) is 0 Å². The molecule has 1 aromatic carbocycles. The number of β-lactam (4-membered cyclic amide) rings is 1. The summed E-state index contributed by atoms with van der Waals surface area (Å²) in [5.74, 6) is -1.90. The van der Waals surface area contributed by atoms with E-state index in [0.29, 0.717) is 22.5 Å². The van der Waals surface area contributed by atoms with E-state index in [4.69, 9.17) is 10.4 Å². The van der Waals surface area contributed by atoms with Gasteiger partial charge in [-0.2, -0.15) is 5.26 Å². The van der Waals surface area contributed by atoms with Crippen molar-refractivity contribution in [3.8, 4) is 6.07 Å². The highest BCUT2D eigenvalue weighted by molar-refractivity contribution is 8.02. The predicted octanol–water partition coefficient (Wildman–Crippen LogP) is 1.08. The van der Waals surface area contributed by atoms with E-state index in [1.165, 1.54) is 23.8 Å². The van der Waals surface area contributed by atoms with Crippen LogP contribution in [0.1, 0.15) is 24.5 Å². The number of benzene rings is 1. The fraction of sp³-hybridized carbons (Fsp3) is 0.381. The van der Waals surface area contributed by atoms with Crippen molar-refractivity contribution in [3.63, 3.8) is 0 Å². The van der Waals surface area contributed by atoms with E-state index in [2.05, 4.69) is 10.1 Å². The van der Waals surface area contributed by atoms with Gasteiger partial charge in [0.2, 0.25) is 11.8 Å². The molecule has 2 N–H and O–H groups in total. The van der Waals surface area contributed by atoms with Crippen molar-refractivity contribution in [3.05, 3.63) is 46.4 Å². The summed E-state index contributed by atoms with van der Waals surface area (Å²) in [5, 5.41) is 22.5. The first-order valence-electron chi connectivity index (χ1n) is 9.42. The zero-order chi connectivity index (χ0) is 23.0. The van der Waals surface area contributed by atoms with Gasteiger partial charge in [-0.1, -0.05) is 12.1 Å². The van der Waals surface area contributed by atoms with Crippen molar-refractivity contribution in [1.82, 2.24) is 10.2 Å². The Morgan fingerprint density at radius 3 is 2.77 bits per heavy atom. The molecule has 1 aliphatic rings. The average Bonchev–Trinajstić information content (AvgIpc) is 2.74. The van der Waals surface area contributed by atoms with Crippen LogP contribution < -0.4 is 5.32 Å². The fourth-order valence-corrected chi connectivity index (χ4v) is 3.99. The molecule has 2 unspecified atom stereocenters. The molecule has 0 bridgehead atoms. The van der Waals surface area contributed by atoms with E-state index < -0.39 is 36.4 Å². The van der Waals surface area contributed by atoms with Crippen LogP contribution in [0.3, 0.4) is 0 Å². The van der Waals surface area contributed by atoms with Crippen LogP contribution in [0.4, 0.5) is 0 Å². The Morgan fingerprint density at radius 1 is 1.39 bits per heavy atom. The van der Waals surface area contributed by atoms with Gasteiger partial charge in [-0.25, -0.2) is 0 Å². The van der Waals surface area contributed by atoms with Crippen molar-refractivity contribution >= 4 is 35.5 Å². The molecular formula is C21H23N3O6S. The quantitative estimate of drug-likeness (QED) is 0.310. The van der Waals surface area contributed by atoms with Gasteiger partial charge in [0, 0.05) is 5.75 Å². The Labute approximate surface area is 184 Å². The number of ether oxygens (including phenoxy) is 1. The third-order valence-corrected chi connectivity index (χ3v) is 5.61. The van der Waals surface area contributed by atoms with Crippen molar-refractivity contribution in [2.75, 3.05) is 19.4 Å². The van der Waals surface area contributed by atoms with Gasteiger partial charge in [0.1, 0.15) is 12.6 Å². The molecule has 2 amide bonds. The highest BCUT2D eigenvalue weighted by Gasteiger charge is 2.49. The van der Waals surface area contributed by atoms with Crippen molar-refractivity contribution in [2.45, 2.75) is 31.8 Å². The number of esters is 1. The number of aliphatic carboxylic acids is 1. The Balaban J connectivity index is 2.05. The lowest BCUT2D eigenvalue weighted by Gasteiger charge is -2.47. The number of likely N-dealkylation sites (tertiary alicyclic amines) is 1. The molecule has 2 rings (SSSR count). The van der Waals surface area contributed by atoms with Crippen LogP contribution in [0.2, 0.25) is 0 Å². The van der Waals surface area contributed by atoms with E-state index in [1.54, 1.807) is 36.6 Å².